The number of thioether (sulfide) groups is 1. The molecule has 2 unspecified atom stereocenters. The highest BCUT2D eigenvalue weighted by Gasteiger charge is 2.32. The van der Waals surface area contributed by atoms with Gasteiger partial charge in [0.05, 0.1) is 0 Å². The fourth-order valence-electron chi connectivity index (χ4n) is 4.26. The Balaban J connectivity index is 1.43. The van der Waals surface area contributed by atoms with Crippen molar-refractivity contribution in [2.45, 2.75) is 16.1 Å². The number of benzene rings is 3. The van der Waals surface area contributed by atoms with Crippen molar-refractivity contribution in [2.75, 3.05) is 0 Å². The molecular weight excluding hydrogens is 392 g/mol. The average molecular weight is 417 g/mol. The van der Waals surface area contributed by atoms with Gasteiger partial charge in [0.2, 0.25) is 0 Å². The monoisotopic (exact) mass is 416 g/mol. The third-order valence-corrected chi connectivity index (χ3v) is 7.24. The highest BCUT2D eigenvalue weighted by molar-refractivity contribution is 8.00. The van der Waals surface area contributed by atoms with E-state index in [1.807, 2.05) is 23.9 Å². The van der Waals surface area contributed by atoms with Crippen LogP contribution in [-0.2, 0) is 0 Å². The molecule has 1 heterocycles. The van der Waals surface area contributed by atoms with E-state index in [2.05, 4.69) is 116 Å². The van der Waals surface area contributed by atoms with Crippen molar-refractivity contribution >= 4 is 23.4 Å². The van der Waals surface area contributed by atoms with Gasteiger partial charge in [0.25, 0.3) is 0 Å². The van der Waals surface area contributed by atoms with Gasteiger partial charge in [-0.05, 0) is 33.4 Å². The standard InChI is InChI=1S/C30H24S/c1-2-9-25(21-18-22-16-19-24(20-17-22)23-10-4-3-5-11-23)26-13-8-14-28-27-12-6-7-15-29(27)31-30(26)28/h2-21,27,29H,1H2/b21-18-,25-9+. The summed E-state index contributed by atoms with van der Waals surface area (Å²) < 4.78 is 0. The smallest absolute Gasteiger partial charge is 0.0381 e. The maximum atomic E-state index is 3.95. The first kappa shape index (κ1) is 19.7. The Labute approximate surface area is 189 Å². The molecule has 3 aromatic rings. The molecule has 1 aliphatic carbocycles. The molecule has 31 heavy (non-hydrogen) atoms. The molecule has 0 nitrogen and oxygen atoms in total. The van der Waals surface area contributed by atoms with Crippen LogP contribution in [0.3, 0.4) is 0 Å². The summed E-state index contributed by atoms with van der Waals surface area (Å²) in [5, 5.41) is 0.501. The molecule has 3 aromatic carbocycles. The van der Waals surface area contributed by atoms with Crippen LogP contribution in [-0.4, -0.2) is 5.25 Å². The van der Waals surface area contributed by atoms with Crippen LogP contribution in [0.5, 0.6) is 0 Å². The summed E-state index contributed by atoms with van der Waals surface area (Å²) in [6, 6.07) is 25.9. The van der Waals surface area contributed by atoms with Gasteiger partial charge in [-0.25, -0.2) is 0 Å². The molecule has 1 heteroatoms. The Morgan fingerprint density at radius 3 is 2.39 bits per heavy atom. The van der Waals surface area contributed by atoms with Crippen molar-refractivity contribution in [3.8, 4) is 11.1 Å². The van der Waals surface area contributed by atoms with Crippen LogP contribution in [0.15, 0.2) is 127 Å². The van der Waals surface area contributed by atoms with Gasteiger partial charge in [-0.2, -0.15) is 0 Å². The van der Waals surface area contributed by atoms with E-state index in [1.54, 1.807) is 0 Å². The van der Waals surface area contributed by atoms with Crippen LogP contribution in [0.2, 0.25) is 0 Å². The summed E-state index contributed by atoms with van der Waals surface area (Å²) in [5.74, 6) is 0.476. The number of rotatable bonds is 5. The van der Waals surface area contributed by atoms with Crippen LogP contribution in [0, 0.1) is 0 Å². The van der Waals surface area contributed by atoms with Crippen molar-refractivity contribution in [3.63, 3.8) is 0 Å². The maximum absolute atomic E-state index is 3.95. The van der Waals surface area contributed by atoms with Crippen LogP contribution in [0.4, 0.5) is 0 Å². The van der Waals surface area contributed by atoms with E-state index in [9.17, 15) is 0 Å². The first-order valence-corrected chi connectivity index (χ1v) is 11.5. The third kappa shape index (κ3) is 4.02. The Hall–Kier alpha value is -3.29. The van der Waals surface area contributed by atoms with E-state index in [4.69, 9.17) is 0 Å². The molecule has 1 aliphatic heterocycles. The number of hydrogen-bond donors (Lipinski definition) is 0. The van der Waals surface area contributed by atoms with Crippen LogP contribution in [0.25, 0.3) is 22.8 Å². The quantitative estimate of drug-likeness (QED) is 0.377. The van der Waals surface area contributed by atoms with Crippen molar-refractivity contribution in [3.05, 3.63) is 139 Å². The zero-order chi connectivity index (χ0) is 21.0. The summed E-state index contributed by atoms with van der Waals surface area (Å²) in [5.41, 5.74) is 7.58. The topological polar surface area (TPSA) is 0 Å². The lowest BCUT2D eigenvalue weighted by Crippen LogP contribution is -2.06. The molecule has 5 rings (SSSR count). The molecule has 0 amide bonds. The number of hydrogen-bond acceptors (Lipinski definition) is 1. The van der Waals surface area contributed by atoms with E-state index in [1.165, 1.54) is 38.3 Å². The van der Waals surface area contributed by atoms with Gasteiger partial charge in [0.15, 0.2) is 0 Å². The molecule has 0 saturated carbocycles. The van der Waals surface area contributed by atoms with Crippen molar-refractivity contribution < 1.29 is 0 Å². The van der Waals surface area contributed by atoms with Gasteiger partial charge in [0, 0.05) is 16.1 Å². The first-order valence-electron chi connectivity index (χ1n) is 10.6. The molecule has 0 saturated heterocycles. The fourth-order valence-corrected chi connectivity index (χ4v) is 5.74. The largest absolute Gasteiger partial charge is 0.117 e. The predicted molar refractivity (Wildman–Crippen MR) is 136 cm³/mol. The van der Waals surface area contributed by atoms with E-state index in [-0.39, 0.29) is 0 Å². The SMILES string of the molecule is C=C/C=C(\C=C/c1ccc(-c2ccccc2)cc1)c1cccc2c1SC1C=CC=CC21. The third-order valence-electron chi connectivity index (χ3n) is 5.82. The Kier molecular flexibility index (Phi) is 5.60. The molecular formula is C30H24S. The summed E-state index contributed by atoms with van der Waals surface area (Å²) in [7, 11) is 0. The Morgan fingerprint density at radius 1 is 0.806 bits per heavy atom. The van der Waals surface area contributed by atoms with Gasteiger partial charge >= 0.3 is 0 Å². The minimum atomic E-state index is 0.476. The van der Waals surface area contributed by atoms with E-state index >= 15 is 0 Å². The second kappa shape index (κ2) is 8.83. The van der Waals surface area contributed by atoms with Gasteiger partial charge in [0.1, 0.15) is 0 Å². The van der Waals surface area contributed by atoms with Crippen molar-refractivity contribution in [1.29, 1.82) is 0 Å². The van der Waals surface area contributed by atoms with Crippen molar-refractivity contribution in [2.24, 2.45) is 0 Å². The van der Waals surface area contributed by atoms with Gasteiger partial charge in [-0.3, -0.25) is 0 Å². The lowest BCUT2D eigenvalue weighted by molar-refractivity contribution is 0.880. The first-order chi connectivity index (χ1) is 15.3. The molecule has 0 N–H and O–H groups in total. The number of fused-ring (bicyclic) bond motifs is 3. The number of allylic oxidation sites excluding steroid dienone is 7. The van der Waals surface area contributed by atoms with E-state index in [0.29, 0.717) is 11.2 Å². The van der Waals surface area contributed by atoms with Crippen molar-refractivity contribution in [1.82, 2.24) is 0 Å². The lowest BCUT2D eigenvalue weighted by atomic mass is 9.90. The normalized spacial score (nSPS) is 19.4. The maximum Gasteiger partial charge on any atom is 0.0381 e. The molecule has 0 aromatic heterocycles. The summed E-state index contributed by atoms with van der Waals surface area (Å²) in [6.45, 7) is 3.95. The predicted octanol–water partition coefficient (Wildman–Crippen LogP) is 8.32. The van der Waals surface area contributed by atoms with Gasteiger partial charge < -0.3 is 0 Å². The van der Waals surface area contributed by atoms with Crippen LogP contribution >= 0.6 is 11.8 Å². The molecule has 0 bridgehead atoms. The van der Waals surface area contributed by atoms with E-state index < -0.39 is 0 Å². The second-order valence-corrected chi connectivity index (χ2v) is 8.97. The molecule has 2 atom stereocenters. The minimum Gasteiger partial charge on any atom is -0.117 e. The Bertz CT molecular complexity index is 1210. The van der Waals surface area contributed by atoms with E-state index in [0.717, 1.165) is 0 Å². The minimum absolute atomic E-state index is 0.476. The fraction of sp³-hybridized carbons (Fsp3) is 0.0667. The van der Waals surface area contributed by atoms with Gasteiger partial charge in [-0.1, -0.05) is 128 Å². The summed E-state index contributed by atoms with van der Waals surface area (Å²) in [4.78, 5) is 1.39. The zero-order valence-electron chi connectivity index (χ0n) is 17.3. The lowest BCUT2D eigenvalue weighted by Gasteiger charge is -2.14. The van der Waals surface area contributed by atoms with Crippen LogP contribution in [0.1, 0.15) is 22.6 Å². The van der Waals surface area contributed by atoms with Gasteiger partial charge in [-0.15, -0.1) is 11.8 Å². The van der Waals surface area contributed by atoms with Crippen LogP contribution < -0.4 is 0 Å². The molecule has 0 radical (unpaired) electrons. The average Bonchev–Trinajstić information content (AvgIpc) is 3.22. The second-order valence-electron chi connectivity index (χ2n) is 7.78. The molecule has 0 fully saturated rings. The molecule has 2 aliphatic rings. The highest BCUT2D eigenvalue weighted by atomic mass is 32.2. The Morgan fingerprint density at radius 2 is 1.58 bits per heavy atom. The molecule has 150 valence electrons. The highest BCUT2D eigenvalue weighted by Crippen LogP contribution is 2.50. The zero-order valence-corrected chi connectivity index (χ0v) is 18.1. The molecule has 0 spiro atoms. The summed E-state index contributed by atoms with van der Waals surface area (Å²) >= 11 is 1.98. The summed E-state index contributed by atoms with van der Waals surface area (Å²) in [6.07, 6.45) is 17.4.